The molecule has 0 unspecified atom stereocenters. The summed E-state index contributed by atoms with van der Waals surface area (Å²) in [5.74, 6) is -0.647. The van der Waals surface area contributed by atoms with Crippen molar-refractivity contribution in [1.82, 2.24) is 5.32 Å². The number of halogens is 1. The second-order valence-electron chi connectivity index (χ2n) is 5.14. The average molecular weight is 335 g/mol. The lowest BCUT2D eigenvalue weighted by Crippen LogP contribution is -2.35. The third kappa shape index (κ3) is 3.31. The van der Waals surface area contributed by atoms with Crippen molar-refractivity contribution in [3.05, 3.63) is 51.2 Å². The van der Waals surface area contributed by atoms with Gasteiger partial charge in [-0.25, -0.2) is 0 Å². The molecule has 0 bridgehead atoms. The van der Waals surface area contributed by atoms with E-state index in [1.54, 1.807) is 0 Å². The fraction of sp³-hybridized carbons (Fsp3) is 0.250. The Morgan fingerprint density at radius 1 is 1.32 bits per heavy atom. The molecule has 0 saturated heterocycles. The maximum atomic E-state index is 12.4. The number of hydrogen-bond donors (Lipinski definition) is 2. The Hall–Kier alpha value is -1.85. The monoisotopic (exact) mass is 334 g/mol. The highest BCUT2D eigenvalue weighted by atomic mass is 35.5. The Balaban J connectivity index is 1.63. The van der Waals surface area contributed by atoms with Gasteiger partial charge in [-0.2, -0.15) is 0 Å². The molecule has 22 heavy (non-hydrogen) atoms. The Morgan fingerprint density at radius 3 is 2.91 bits per heavy atom. The molecule has 2 heterocycles. The van der Waals surface area contributed by atoms with Crippen LogP contribution in [0.5, 0.6) is 0 Å². The van der Waals surface area contributed by atoms with Gasteiger partial charge in [0.25, 0.3) is 0 Å². The summed E-state index contributed by atoms with van der Waals surface area (Å²) in [6.07, 6.45) is 0.928. The molecule has 1 aliphatic rings. The molecule has 4 nitrogen and oxygen atoms in total. The van der Waals surface area contributed by atoms with Gasteiger partial charge in [0, 0.05) is 23.5 Å². The number of nitrogens with one attached hydrogen (secondary N) is 2. The van der Waals surface area contributed by atoms with Crippen LogP contribution in [0.15, 0.2) is 36.4 Å². The molecule has 3 rings (SSSR count). The lowest BCUT2D eigenvalue weighted by atomic mass is 9.90. The summed E-state index contributed by atoms with van der Waals surface area (Å²) in [6.45, 7) is 0.538. The van der Waals surface area contributed by atoms with E-state index in [-0.39, 0.29) is 18.2 Å². The van der Waals surface area contributed by atoms with Crippen molar-refractivity contribution >= 4 is 40.4 Å². The van der Waals surface area contributed by atoms with Crippen molar-refractivity contribution in [1.29, 1.82) is 0 Å². The van der Waals surface area contributed by atoms with Crippen LogP contribution in [-0.4, -0.2) is 18.4 Å². The highest BCUT2D eigenvalue weighted by Crippen LogP contribution is 2.32. The van der Waals surface area contributed by atoms with Crippen molar-refractivity contribution in [2.75, 3.05) is 11.9 Å². The van der Waals surface area contributed by atoms with E-state index in [4.69, 9.17) is 11.6 Å². The van der Waals surface area contributed by atoms with Gasteiger partial charge in [-0.05, 0) is 30.2 Å². The summed E-state index contributed by atoms with van der Waals surface area (Å²) >= 11 is 7.40. The quantitative estimate of drug-likeness (QED) is 0.902. The first-order valence-corrected chi connectivity index (χ1v) is 8.23. The zero-order valence-corrected chi connectivity index (χ0v) is 13.3. The smallest absolute Gasteiger partial charge is 0.228 e. The molecule has 0 radical (unpaired) electrons. The highest BCUT2D eigenvalue weighted by molar-refractivity contribution is 7.16. The summed E-state index contributed by atoms with van der Waals surface area (Å²) in [7, 11) is 0. The topological polar surface area (TPSA) is 58.2 Å². The maximum Gasteiger partial charge on any atom is 0.228 e. The molecule has 1 aromatic carbocycles. The zero-order chi connectivity index (χ0) is 15.5. The van der Waals surface area contributed by atoms with E-state index in [9.17, 15) is 9.59 Å². The molecule has 114 valence electrons. The SMILES string of the molecule is O=C1C[C@@H](C(=O)NCCc2ccc(Cl)s2)c2ccccc2N1. The first-order valence-electron chi connectivity index (χ1n) is 7.04. The van der Waals surface area contributed by atoms with Crippen molar-refractivity contribution in [2.45, 2.75) is 18.8 Å². The van der Waals surface area contributed by atoms with Crippen LogP contribution in [0, 0.1) is 0 Å². The standard InChI is InChI=1S/C16H15ClN2O2S/c17-14-6-5-10(22-14)7-8-18-16(21)12-9-15(20)19-13-4-2-1-3-11(12)13/h1-6,12H,7-9H2,(H,18,21)(H,19,20)/t12-/m1/s1. The molecule has 2 aromatic rings. The van der Waals surface area contributed by atoms with Gasteiger partial charge in [-0.1, -0.05) is 29.8 Å². The molecular formula is C16H15ClN2O2S. The van der Waals surface area contributed by atoms with E-state index in [0.717, 1.165) is 26.9 Å². The molecule has 1 aromatic heterocycles. The van der Waals surface area contributed by atoms with Crippen LogP contribution in [0.25, 0.3) is 0 Å². The number of fused-ring (bicyclic) bond motifs is 1. The molecule has 2 amide bonds. The van der Waals surface area contributed by atoms with Gasteiger partial charge in [0.15, 0.2) is 0 Å². The second-order valence-corrected chi connectivity index (χ2v) is 6.94. The molecule has 2 N–H and O–H groups in total. The molecule has 1 atom stereocenters. The van der Waals surface area contributed by atoms with Gasteiger partial charge < -0.3 is 10.6 Å². The molecule has 0 fully saturated rings. The molecule has 0 aliphatic carbocycles. The van der Waals surface area contributed by atoms with Gasteiger partial charge >= 0.3 is 0 Å². The lowest BCUT2D eigenvalue weighted by Gasteiger charge is -2.24. The summed E-state index contributed by atoms with van der Waals surface area (Å²) in [5.41, 5.74) is 1.60. The number of amides is 2. The van der Waals surface area contributed by atoms with Gasteiger partial charge in [-0.3, -0.25) is 9.59 Å². The van der Waals surface area contributed by atoms with Gasteiger partial charge in [0.2, 0.25) is 11.8 Å². The predicted molar refractivity (Wildman–Crippen MR) is 88.5 cm³/mol. The summed E-state index contributed by atoms with van der Waals surface area (Å²) in [6, 6.07) is 11.2. The number of hydrogen-bond acceptors (Lipinski definition) is 3. The van der Waals surface area contributed by atoms with E-state index in [2.05, 4.69) is 10.6 Å². The van der Waals surface area contributed by atoms with Crippen molar-refractivity contribution in [3.63, 3.8) is 0 Å². The van der Waals surface area contributed by atoms with Gasteiger partial charge in [0.05, 0.1) is 10.3 Å². The second kappa shape index (κ2) is 6.50. The normalized spacial score (nSPS) is 16.8. The van der Waals surface area contributed by atoms with E-state index in [1.165, 1.54) is 11.3 Å². The van der Waals surface area contributed by atoms with E-state index in [0.29, 0.717) is 6.54 Å². The molecule has 0 spiro atoms. The van der Waals surface area contributed by atoms with Crippen LogP contribution in [0.2, 0.25) is 4.34 Å². The fourth-order valence-electron chi connectivity index (χ4n) is 2.56. The number of anilines is 1. The third-order valence-electron chi connectivity index (χ3n) is 3.62. The molecule has 6 heteroatoms. The van der Waals surface area contributed by atoms with E-state index >= 15 is 0 Å². The Morgan fingerprint density at radius 2 is 2.14 bits per heavy atom. The summed E-state index contributed by atoms with van der Waals surface area (Å²) < 4.78 is 0.749. The van der Waals surface area contributed by atoms with Crippen LogP contribution in [0.4, 0.5) is 5.69 Å². The Bertz CT molecular complexity index is 714. The minimum atomic E-state index is -0.420. The van der Waals surface area contributed by atoms with Gasteiger partial charge in [-0.15, -0.1) is 11.3 Å². The molecular weight excluding hydrogens is 320 g/mol. The molecule has 0 saturated carbocycles. The Labute approximate surface area is 137 Å². The lowest BCUT2D eigenvalue weighted by molar-refractivity contribution is -0.126. The van der Waals surface area contributed by atoms with Crippen LogP contribution < -0.4 is 10.6 Å². The number of carbonyl (C=O) groups is 2. The van der Waals surface area contributed by atoms with E-state index < -0.39 is 5.92 Å². The van der Waals surface area contributed by atoms with Gasteiger partial charge in [0.1, 0.15) is 0 Å². The summed E-state index contributed by atoms with van der Waals surface area (Å²) in [4.78, 5) is 25.3. The highest BCUT2D eigenvalue weighted by Gasteiger charge is 2.30. The number of thiophene rings is 1. The zero-order valence-electron chi connectivity index (χ0n) is 11.8. The van der Waals surface area contributed by atoms with Crippen LogP contribution >= 0.6 is 22.9 Å². The minimum absolute atomic E-state index is 0.107. The molecule has 1 aliphatic heterocycles. The van der Waals surface area contributed by atoms with E-state index in [1.807, 2.05) is 36.4 Å². The minimum Gasteiger partial charge on any atom is -0.355 e. The average Bonchev–Trinajstić information content (AvgIpc) is 2.91. The van der Waals surface area contributed by atoms with Crippen LogP contribution in [0.3, 0.4) is 0 Å². The predicted octanol–water partition coefficient (Wildman–Crippen LogP) is 3.19. The number of rotatable bonds is 4. The first kappa shape index (κ1) is 15.1. The third-order valence-corrected chi connectivity index (χ3v) is 4.91. The largest absolute Gasteiger partial charge is 0.355 e. The first-order chi connectivity index (χ1) is 10.6. The van der Waals surface area contributed by atoms with Crippen LogP contribution in [0.1, 0.15) is 22.8 Å². The Kier molecular flexibility index (Phi) is 4.45. The maximum absolute atomic E-state index is 12.4. The van der Waals surface area contributed by atoms with Crippen molar-refractivity contribution in [2.24, 2.45) is 0 Å². The van der Waals surface area contributed by atoms with Crippen molar-refractivity contribution in [3.8, 4) is 0 Å². The van der Waals surface area contributed by atoms with Crippen LogP contribution in [-0.2, 0) is 16.0 Å². The number of benzene rings is 1. The summed E-state index contributed by atoms with van der Waals surface area (Å²) in [5, 5.41) is 5.71. The van der Waals surface area contributed by atoms with Crippen molar-refractivity contribution < 1.29 is 9.59 Å². The number of carbonyl (C=O) groups excluding carboxylic acids is 2. The fourth-order valence-corrected chi connectivity index (χ4v) is 3.65. The number of para-hydroxylation sites is 1.